The molecule has 0 N–H and O–H groups in total. The van der Waals surface area contributed by atoms with Gasteiger partial charge in [0.2, 0.25) is 0 Å². The van der Waals surface area contributed by atoms with E-state index in [9.17, 15) is 0 Å². The lowest BCUT2D eigenvalue weighted by Crippen LogP contribution is -2.00. The van der Waals surface area contributed by atoms with Crippen molar-refractivity contribution in [2.45, 2.75) is 20.8 Å². The summed E-state index contributed by atoms with van der Waals surface area (Å²) >= 11 is 0. The van der Waals surface area contributed by atoms with E-state index in [4.69, 9.17) is 0 Å². The van der Waals surface area contributed by atoms with E-state index in [1.165, 1.54) is 0 Å². The van der Waals surface area contributed by atoms with Crippen molar-refractivity contribution >= 4 is 0 Å². The molecule has 0 bridgehead atoms. The molecule has 0 aliphatic rings. The summed E-state index contributed by atoms with van der Waals surface area (Å²) in [5.74, 6) is 0. The Hall–Kier alpha value is -0.780. The molecule has 0 aromatic rings. The van der Waals surface area contributed by atoms with Crippen LogP contribution in [-0.2, 0) is 0 Å². The molecule has 0 fully saturated rings. The molecule has 0 nitrogen and oxygen atoms in total. The molecule has 0 unspecified atom stereocenters. The molecule has 0 aliphatic heterocycles. The lowest BCUT2D eigenvalue weighted by atomic mass is 9.93. The minimum atomic E-state index is 0.125. The van der Waals surface area contributed by atoms with Crippen molar-refractivity contribution in [3.8, 4) is 0 Å². The molecule has 0 aromatic carbocycles. The highest BCUT2D eigenvalue weighted by Crippen LogP contribution is 2.17. The van der Waals surface area contributed by atoms with E-state index in [1.54, 1.807) is 0 Å². The van der Waals surface area contributed by atoms with Crippen LogP contribution in [0.2, 0.25) is 0 Å². The molecule has 0 saturated carbocycles. The fraction of sp³-hybridized carbons (Fsp3) is 0.400. The highest BCUT2D eigenvalue weighted by molar-refractivity contribution is 5.10. The maximum Gasteiger partial charge on any atom is 0.000484 e. The summed E-state index contributed by atoms with van der Waals surface area (Å²) in [6, 6.07) is 0. The van der Waals surface area contributed by atoms with Crippen LogP contribution < -0.4 is 0 Å². The second kappa shape index (κ2) is 4.10. The number of allylic oxidation sites excluding steroid dienone is 5. The second-order valence-corrected chi connectivity index (χ2v) is 2.91. The molecule has 0 spiro atoms. The SMILES string of the molecule is C=CC(C)(C)C=CC=CC. The predicted molar refractivity (Wildman–Crippen MR) is 47.9 cm³/mol. The van der Waals surface area contributed by atoms with Gasteiger partial charge < -0.3 is 0 Å². The zero-order valence-electron chi connectivity index (χ0n) is 7.09. The van der Waals surface area contributed by atoms with Crippen LogP contribution in [-0.4, -0.2) is 0 Å². The number of hydrogen-bond acceptors (Lipinski definition) is 0. The van der Waals surface area contributed by atoms with Crippen LogP contribution in [0.1, 0.15) is 20.8 Å². The first-order chi connectivity index (χ1) is 4.62. The standard InChI is InChI=1S/C10H16/c1-5-7-8-9-10(3,4)6-2/h5-9H,2H2,1,3-4H3. The Morgan fingerprint density at radius 1 is 1.20 bits per heavy atom. The average molecular weight is 136 g/mol. The smallest absolute Gasteiger partial charge is 0.000484 e. The van der Waals surface area contributed by atoms with Crippen LogP contribution >= 0.6 is 0 Å². The first kappa shape index (κ1) is 9.22. The topological polar surface area (TPSA) is 0 Å². The zero-order valence-corrected chi connectivity index (χ0v) is 7.09. The van der Waals surface area contributed by atoms with Crippen LogP contribution in [0.25, 0.3) is 0 Å². The monoisotopic (exact) mass is 136 g/mol. The van der Waals surface area contributed by atoms with Gasteiger partial charge in [-0.1, -0.05) is 44.2 Å². The lowest BCUT2D eigenvalue weighted by Gasteiger charge is -2.12. The minimum Gasteiger partial charge on any atom is -0.102 e. The Kier molecular flexibility index (Phi) is 3.78. The van der Waals surface area contributed by atoms with Gasteiger partial charge in [0.15, 0.2) is 0 Å². The summed E-state index contributed by atoms with van der Waals surface area (Å²) in [4.78, 5) is 0. The van der Waals surface area contributed by atoms with Crippen LogP contribution in [0.4, 0.5) is 0 Å². The van der Waals surface area contributed by atoms with Gasteiger partial charge in [-0.15, -0.1) is 6.58 Å². The molecule has 0 radical (unpaired) electrons. The van der Waals surface area contributed by atoms with Gasteiger partial charge in [-0.25, -0.2) is 0 Å². The van der Waals surface area contributed by atoms with Gasteiger partial charge in [-0.05, 0) is 6.92 Å². The predicted octanol–water partition coefficient (Wildman–Crippen LogP) is 3.33. The maximum absolute atomic E-state index is 3.74. The fourth-order valence-electron chi connectivity index (χ4n) is 0.483. The Balaban J connectivity index is 3.98. The molecule has 0 rings (SSSR count). The van der Waals surface area contributed by atoms with Gasteiger partial charge in [0.05, 0.1) is 0 Å². The van der Waals surface area contributed by atoms with Crippen LogP contribution in [0.5, 0.6) is 0 Å². The van der Waals surface area contributed by atoms with Gasteiger partial charge in [0, 0.05) is 5.41 Å². The molecule has 10 heavy (non-hydrogen) atoms. The van der Waals surface area contributed by atoms with Crippen molar-refractivity contribution in [2.24, 2.45) is 5.41 Å². The van der Waals surface area contributed by atoms with Crippen molar-refractivity contribution < 1.29 is 0 Å². The quantitative estimate of drug-likeness (QED) is 0.412. The van der Waals surface area contributed by atoms with Crippen LogP contribution in [0.3, 0.4) is 0 Å². The summed E-state index contributed by atoms with van der Waals surface area (Å²) in [6.45, 7) is 9.99. The first-order valence-corrected chi connectivity index (χ1v) is 3.56. The third-order valence-electron chi connectivity index (χ3n) is 1.36. The molecule has 0 saturated heterocycles. The number of hydrogen-bond donors (Lipinski definition) is 0. The zero-order chi connectivity index (χ0) is 8.04. The van der Waals surface area contributed by atoms with Crippen molar-refractivity contribution in [3.63, 3.8) is 0 Å². The molecule has 0 atom stereocenters. The highest BCUT2D eigenvalue weighted by atomic mass is 14.1. The summed E-state index contributed by atoms with van der Waals surface area (Å²) in [7, 11) is 0. The molecular weight excluding hydrogens is 120 g/mol. The van der Waals surface area contributed by atoms with E-state index in [1.807, 2.05) is 31.2 Å². The molecule has 0 heteroatoms. The van der Waals surface area contributed by atoms with Crippen molar-refractivity contribution in [2.75, 3.05) is 0 Å². The molecule has 0 aromatic heterocycles. The summed E-state index contributed by atoms with van der Waals surface area (Å²) in [5, 5.41) is 0. The fourth-order valence-corrected chi connectivity index (χ4v) is 0.483. The molecule has 0 heterocycles. The van der Waals surface area contributed by atoms with Gasteiger partial charge in [-0.3, -0.25) is 0 Å². The lowest BCUT2D eigenvalue weighted by molar-refractivity contribution is 0.628. The van der Waals surface area contributed by atoms with Gasteiger partial charge >= 0.3 is 0 Å². The minimum absolute atomic E-state index is 0.125. The van der Waals surface area contributed by atoms with Gasteiger partial charge in [-0.2, -0.15) is 0 Å². The van der Waals surface area contributed by atoms with E-state index >= 15 is 0 Å². The average Bonchev–Trinajstić information content (AvgIpc) is 1.89. The highest BCUT2D eigenvalue weighted by Gasteiger charge is 2.04. The summed E-state index contributed by atoms with van der Waals surface area (Å²) < 4.78 is 0. The molecular formula is C10H16. The Bertz CT molecular complexity index is 147. The molecule has 0 amide bonds. The van der Waals surface area contributed by atoms with Crippen molar-refractivity contribution in [1.29, 1.82) is 0 Å². The third-order valence-corrected chi connectivity index (χ3v) is 1.36. The molecule has 0 aliphatic carbocycles. The Labute approximate surface area is 64.0 Å². The van der Waals surface area contributed by atoms with Crippen LogP contribution in [0.15, 0.2) is 37.0 Å². The van der Waals surface area contributed by atoms with E-state index in [2.05, 4.69) is 26.5 Å². The summed E-state index contributed by atoms with van der Waals surface area (Å²) in [6.07, 6.45) is 10.1. The Morgan fingerprint density at radius 2 is 1.80 bits per heavy atom. The van der Waals surface area contributed by atoms with Crippen LogP contribution in [0, 0.1) is 5.41 Å². The normalized spacial score (nSPS) is 13.1. The summed E-state index contributed by atoms with van der Waals surface area (Å²) in [5.41, 5.74) is 0.125. The van der Waals surface area contributed by atoms with E-state index in [-0.39, 0.29) is 5.41 Å². The largest absolute Gasteiger partial charge is 0.102 e. The number of rotatable bonds is 3. The first-order valence-electron chi connectivity index (χ1n) is 3.56. The molecule has 56 valence electrons. The van der Waals surface area contributed by atoms with E-state index in [0.717, 1.165) is 0 Å². The van der Waals surface area contributed by atoms with Gasteiger partial charge in [0.25, 0.3) is 0 Å². The van der Waals surface area contributed by atoms with E-state index < -0.39 is 0 Å². The van der Waals surface area contributed by atoms with Crippen molar-refractivity contribution in [1.82, 2.24) is 0 Å². The van der Waals surface area contributed by atoms with Crippen molar-refractivity contribution in [3.05, 3.63) is 37.0 Å². The second-order valence-electron chi connectivity index (χ2n) is 2.91. The van der Waals surface area contributed by atoms with Gasteiger partial charge in [0.1, 0.15) is 0 Å². The Morgan fingerprint density at radius 3 is 2.20 bits per heavy atom. The third kappa shape index (κ3) is 4.13. The van der Waals surface area contributed by atoms with E-state index in [0.29, 0.717) is 0 Å². The maximum atomic E-state index is 3.74.